The minimum Gasteiger partial charge on any atom is -0.337 e. The van der Waals surface area contributed by atoms with E-state index < -0.39 is 0 Å². The number of piperazine rings is 1. The average Bonchev–Trinajstić information content (AvgIpc) is 3.02. The van der Waals surface area contributed by atoms with Gasteiger partial charge in [-0.3, -0.25) is 9.80 Å². The summed E-state index contributed by atoms with van der Waals surface area (Å²) in [4.78, 5) is 10.8. The molecule has 0 bridgehead atoms. The molecular weight excluding hydrogens is 304 g/mol. The summed E-state index contributed by atoms with van der Waals surface area (Å²) in [6.07, 6.45) is 3.88. The summed E-state index contributed by atoms with van der Waals surface area (Å²) in [6.45, 7) is 7.54. The minimum atomic E-state index is 0.547. The Kier molecular flexibility index (Phi) is 4.64. The number of aromatic nitrogens is 2. The van der Waals surface area contributed by atoms with Gasteiger partial charge in [0.05, 0.1) is 10.9 Å². The van der Waals surface area contributed by atoms with Crippen molar-refractivity contribution in [1.29, 1.82) is 0 Å². The average molecular weight is 325 g/mol. The molecule has 6 heteroatoms. The van der Waals surface area contributed by atoms with Crippen molar-refractivity contribution in [3.05, 3.63) is 39.6 Å². The first kappa shape index (κ1) is 15.0. The van der Waals surface area contributed by atoms with Crippen LogP contribution in [-0.2, 0) is 20.1 Å². The largest absolute Gasteiger partial charge is 0.337 e. The van der Waals surface area contributed by atoms with Crippen molar-refractivity contribution in [1.82, 2.24) is 19.4 Å². The van der Waals surface area contributed by atoms with Crippen LogP contribution in [0.3, 0.4) is 0 Å². The Labute approximate surface area is 135 Å². The van der Waals surface area contributed by atoms with E-state index in [1.54, 1.807) is 11.3 Å². The number of hydrogen-bond acceptors (Lipinski definition) is 4. The molecule has 3 rings (SSSR count). The molecule has 0 N–H and O–H groups in total. The molecule has 21 heavy (non-hydrogen) atoms. The first-order chi connectivity index (χ1) is 10.1. The van der Waals surface area contributed by atoms with Gasteiger partial charge in [-0.15, -0.1) is 11.3 Å². The van der Waals surface area contributed by atoms with Crippen LogP contribution in [0.4, 0.5) is 0 Å². The van der Waals surface area contributed by atoms with Crippen LogP contribution in [0.1, 0.15) is 17.6 Å². The number of aryl methyl sites for hydroxylation is 1. The van der Waals surface area contributed by atoms with Crippen molar-refractivity contribution in [3.8, 4) is 0 Å². The lowest BCUT2D eigenvalue weighted by atomic mass is 10.2. The van der Waals surface area contributed by atoms with E-state index in [1.807, 2.05) is 18.5 Å². The maximum atomic E-state index is 6.01. The van der Waals surface area contributed by atoms with Crippen LogP contribution in [-0.4, -0.2) is 45.0 Å². The highest BCUT2D eigenvalue weighted by molar-refractivity contribution is 7.16. The molecule has 114 valence electrons. The number of thiophene rings is 1. The molecular formula is C15H21ClN4S. The van der Waals surface area contributed by atoms with Crippen LogP contribution < -0.4 is 0 Å². The van der Waals surface area contributed by atoms with Gasteiger partial charge in [-0.05, 0) is 19.1 Å². The molecule has 0 unspecified atom stereocenters. The first-order valence-electron chi connectivity index (χ1n) is 7.28. The summed E-state index contributed by atoms with van der Waals surface area (Å²) < 4.78 is 2.98. The molecule has 0 amide bonds. The topological polar surface area (TPSA) is 24.3 Å². The van der Waals surface area contributed by atoms with Crippen LogP contribution in [0.15, 0.2) is 24.5 Å². The van der Waals surface area contributed by atoms with Crippen LogP contribution >= 0.6 is 22.9 Å². The van der Waals surface area contributed by atoms with Gasteiger partial charge in [-0.1, -0.05) is 11.6 Å². The number of hydrogen-bond donors (Lipinski definition) is 0. The zero-order valence-corrected chi connectivity index (χ0v) is 14.1. The maximum Gasteiger partial charge on any atom is 0.122 e. The second kappa shape index (κ2) is 6.48. The van der Waals surface area contributed by atoms with Crippen LogP contribution in [0.5, 0.6) is 0 Å². The Morgan fingerprint density at radius 1 is 1.33 bits per heavy atom. The van der Waals surface area contributed by atoms with Gasteiger partial charge in [0.1, 0.15) is 5.82 Å². The molecule has 1 aliphatic rings. The molecule has 1 saturated heterocycles. The SMILES string of the molecule is C[C@H]1CN(Cc2ccc(Cl)s2)CCN1Cc1nccn1C. The summed E-state index contributed by atoms with van der Waals surface area (Å²) in [5.41, 5.74) is 0. The molecule has 2 aromatic rings. The molecule has 0 radical (unpaired) electrons. The Morgan fingerprint density at radius 2 is 2.19 bits per heavy atom. The molecule has 1 fully saturated rings. The predicted molar refractivity (Wildman–Crippen MR) is 87.7 cm³/mol. The van der Waals surface area contributed by atoms with E-state index in [9.17, 15) is 0 Å². The normalized spacial score (nSPS) is 21.0. The third kappa shape index (κ3) is 3.66. The van der Waals surface area contributed by atoms with Gasteiger partial charge < -0.3 is 4.57 Å². The van der Waals surface area contributed by atoms with Crippen molar-refractivity contribution < 1.29 is 0 Å². The quantitative estimate of drug-likeness (QED) is 0.864. The van der Waals surface area contributed by atoms with Crippen molar-refractivity contribution in [2.24, 2.45) is 7.05 Å². The lowest BCUT2D eigenvalue weighted by Crippen LogP contribution is -2.51. The van der Waals surface area contributed by atoms with E-state index in [0.29, 0.717) is 6.04 Å². The molecule has 4 nitrogen and oxygen atoms in total. The Morgan fingerprint density at radius 3 is 2.81 bits per heavy atom. The van der Waals surface area contributed by atoms with E-state index in [4.69, 9.17) is 11.6 Å². The van der Waals surface area contributed by atoms with Gasteiger partial charge in [-0.2, -0.15) is 0 Å². The molecule has 0 aromatic carbocycles. The second-order valence-electron chi connectivity index (χ2n) is 5.71. The molecule has 1 atom stereocenters. The third-order valence-electron chi connectivity index (χ3n) is 4.12. The Balaban J connectivity index is 1.55. The summed E-state index contributed by atoms with van der Waals surface area (Å²) in [5, 5.41) is 0. The summed E-state index contributed by atoms with van der Waals surface area (Å²) in [5.74, 6) is 1.14. The number of halogens is 1. The highest BCUT2D eigenvalue weighted by Crippen LogP contribution is 2.24. The van der Waals surface area contributed by atoms with Gasteiger partial charge in [0, 0.05) is 56.5 Å². The fraction of sp³-hybridized carbons (Fsp3) is 0.533. The molecule has 3 heterocycles. The molecule has 0 aliphatic carbocycles. The van der Waals surface area contributed by atoms with Crippen molar-refractivity contribution in [3.63, 3.8) is 0 Å². The number of rotatable bonds is 4. The zero-order chi connectivity index (χ0) is 14.8. The Bertz CT molecular complexity index is 594. The lowest BCUT2D eigenvalue weighted by molar-refractivity contribution is 0.0713. The first-order valence-corrected chi connectivity index (χ1v) is 8.48. The van der Waals surface area contributed by atoms with Gasteiger partial charge in [0.25, 0.3) is 0 Å². The van der Waals surface area contributed by atoms with Crippen molar-refractivity contribution in [2.75, 3.05) is 19.6 Å². The van der Waals surface area contributed by atoms with Crippen LogP contribution in [0, 0.1) is 0 Å². The zero-order valence-electron chi connectivity index (χ0n) is 12.5. The van der Waals surface area contributed by atoms with Crippen LogP contribution in [0.2, 0.25) is 4.34 Å². The van der Waals surface area contributed by atoms with Crippen molar-refractivity contribution in [2.45, 2.75) is 26.1 Å². The van der Waals surface area contributed by atoms with E-state index >= 15 is 0 Å². The highest BCUT2D eigenvalue weighted by Gasteiger charge is 2.24. The monoisotopic (exact) mass is 324 g/mol. The van der Waals surface area contributed by atoms with Gasteiger partial charge in [-0.25, -0.2) is 4.98 Å². The van der Waals surface area contributed by atoms with Gasteiger partial charge >= 0.3 is 0 Å². The maximum absolute atomic E-state index is 6.01. The fourth-order valence-electron chi connectivity index (χ4n) is 2.84. The third-order valence-corrected chi connectivity index (χ3v) is 5.34. The molecule has 2 aromatic heterocycles. The molecule has 0 saturated carbocycles. The standard InChI is InChI=1S/C15H21ClN4S/c1-12-9-19(10-13-3-4-14(16)21-13)7-8-20(12)11-15-17-5-6-18(15)2/h3-6,12H,7-11H2,1-2H3/t12-/m0/s1. The van der Waals surface area contributed by atoms with Crippen LogP contribution in [0.25, 0.3) is 0 Å². The van der Waals surface area contributed by atoms with Gasteiger partial charge in [0.15, 0.2) is 0 Å². The predicted octanol–water partition coefficient (Wildman–Crippen LogP) is 2.84. The minimum absolute atomic E-state index is 0.547. The summed E-state index contributed by atoms with van der Waals surface area (Å²) in [6, 6.07) is 4.67. The molecule has 0 spiro atoms. The number of imidazole rings is 1. The molecule has 1 aliphatic heterocycles. The second-order valence-corrected chi connectivity index (χ2v) is 7.51. The summed E-state index contributed by atoms with van der Waals surface area (Å²) in [7, 11) is 2.06. The number of nitrogens with zero attached hydrogens (tertiary/aromatic N) is 4. The van der Waals surface area contributed by atoms with E-state index in [-0.39, 0.29) is 0 Å². The lowest BCUT2D eigenvalue weighted by Gasteiger charge is -2.39. The van der Waals surface area contributed by atoms with E-state index in [2.05, 4.69) is 39.4 Å². The smallest absolute Gasteiger partial charge is 0.122 e. The Hall–Kier alpha value is -0.880. The summed E-state index contributed by atoms with van der Waals surface area (Å²) >= 11 is 7.69. The highest BCUT2D eigenvalue weighted by atomic mass is 35.5. The van der Waals surface area contributed by atoms with E-state index in [1.165, 1.54) is 4.88 Å². The van der Waals surface area contributed by atoms with E-state index in [0.717, 1.165) is 42.9 Å². The fourth-order valence-corrected chi connectivity index (χ4v) is 3.97. The van der Waals surface area contributed by atoms with Crippen molar-refractivity contribution >= 4 is 22.9 Å². The van der Waals surface area contributed by atoms with Gasteiger partial charge in [0.2, 0.25) is 0 Å².